The number of hydrogen-bond acceptors (Lipinski definition) is 4. The molecule has 0 saturated carbocycles. The summed E-state index contributed by atoms with van der Waals surface area (Å²) in [7, 11) is 0. The number of urea groups is 1. The minimum Gasteiger partial charge on any atom is -0.384 e. The van der Waals surface area contributed by atoms with Crippen molar-refractivity contribution in [1.29, 1.82) is 5.41 Å². The summed E-state index contributed by atoms with van der Waals surface area (Å²) in [6.45, 7) is 2.66. The van der Waals surface area contributed by atoms with Gasteiger partial charge in [0.25, 0.3) is 0 Å². The number of carbonyl (C=O) groups excluding carboxylic acids is 2. The zero-order valence-corrected chi connectivity index (χ0v) is 19.0. The van der Waals surface area contributed by atoms with Crippen molar-refractivity contribution in [3.05, 3.63) is 83.9 Å². The van der Waals surface area contributed by atoms with Gasteiger partial charge in [0.05, 0.1) is 11.4 Å². The highest BCUT2D eigenvalue weighted by molar-refractivity contribution is 6.04. The van der Waals surface area contributed by atoms with Crippen molar-refractivity contribution in [1.82, 2.24) is 0 Å². The first-order valence-electron chi connectivity index (χ1n) is 11.2. The molecule has 34 heavy (non-hydrogen) atoms. The molecule has 0 radical (unpaired) electrons. The number of hydrogen-bond donors (Lipinski definition) is 4. The molecule has 1 aliphatic rings. The molecular weight excluding hydrogens is 428 g/mol. The van der Waals surface area contributed by atoms with Crippen LogP contribution < -0.4 is 26.4 Å². The van der Waals surface area contributed by atoms with Crippen LogP contribution in [0.4, 0.5) is 27.5 Å². The second-order valence-electron chi connectivity index (χ2n) is 8.21. The van der Waals surface area contributed by atoms with Crippen LogP contribution in [0.3, 0.4) is 0 Å². The lowest BCUT2D eigenvalue weighted by Crippen LogP contribution is -2.39. The smallest absolute Gasteiger partial charge is 0.345 e. The number of piperidine rings is 1. The summed E-state index contributed by atoms with van der Waals surface area (Å²) in [5.41, 5.74) is 12.9. The van der Waals surface area contributed by atoms with Gasteiger partial charge in [0.2, 0.25) is 5.91 Å². The topological polar surface area (TPSA) is 115 Å². The number of benzene rings is 3. The molecule has 3 aromatic carbocycles. The predicted molar refractivity (Wildman–Crippen MR) is 136 cm³/mol. The third-order valence-corrected chi connectivity index (χ3v) is 5.69. The zero-order chi connectivity index (χ0) is 24.1. The minimum atomic E-state index is -0.388. The maximum Gasteiger partial charge on any atom is 0.345 e. The Labute approximate surface area is 198 Å². The number of nitrogens with two attached hydrogens (primary N) is 1. The lowest BCUT2D eigenvalue weighted by molar-refractivity contribution is -0.119. The number of amides is 3. The number of nitrogen functional groups attached to an aromatic ring is 1. The van der Waals surface area contributed by atoms with E-state index < -0.39 is 0 Å². The number of carbonyl (C=O) groups is 2. The Hall–Kier alpha value is -4.33. The van der Waals surface area contributed by atoms with E-state index in [4.69, 9.17) is 11.1 Å². The number of amidine groups is 1. The van der Waals surface area contributed by atoms with Gasteiger partial charge in [-0.2, -0.15) is 0 Å². The fourth-order valence-electron chi connectivity index (χ4n) is 3.97. The summed E-state index contributed by atoms with van der Waals surface area (Å²) in [4.78, 5) is 27.4. The number of nitrogens with one attached hydrogen (secondary N) is 3. The molecule has 1 heterocycles. The molecule has 3 aromatic rings. The molecule has 1 saturated heterocycles. The van der Waals surface area contributed by atoms with Gasteiger partial charge in [0.15, 0.2) is 0 Å². The van der Waals surface area contributed by atoms with Crippen LogP contribution in [0.5, 0.6) is 0 Å². The monoisotopic (exact) mass is 456 g/mol. The molecule has 4 rings (SSSR count). The van der Waals surface area contributed by atoms with Gasteiger partial charge in [0, 0.05) is 29.9 Å². The van der Waals surface area contributed by atoms with Gasteiger partial charge in [-0.25, -0.2) is 9.80 Å². The number of aryl methyl sites for hydroxylation is 1. The van der Waals surface area contributed by atoms with E-state index in [0.29, 0.717) is 29.0 Å². The van der Waals surface area contributed by atoms with Crippen molar-refractivity contribution in [3.8, 4) is 0 Å². The first-order chi connectivity index (χ1) is 16.4. The SMILES string of the molecule is Cc1cc(NC(=O)N(Nc2cccc(C(=N)N)c2)c2ccccc2)ccc1N1CCCCC1=O. The van der Waals surface area contributed by atoms with Crippen LogP contribution >= 0.6 is 0 Å². The van der Waals surface area contributed by atoms with E-state index in [1.807, 2.05) is 60.4 Å². The van der Waals surface area contributed by atoms with Crippen LogP contribution in [-0.2, 0) is 4.79 Å². The summed E-state index contributed by atoms with van der Waals surface area (Å²) in [6, 6.07) is 21.4. The molecule has 0 atom stereocenters. The normalized spacial score (nSPS) is 13.3. The van der Waals surface area contributed by atoms with Crippen LogP contribution in [0, 0.1) is 12.3 Å². The largest absolute Gasteiger partial charge is 0.384 e. The predicted octanol–water partition coefficient (Wildman–Crippen LogP) is 4.86. The lowest BCUT2D eigenvalue weighted by Gasteiger charge is -2.29. The first kappa shape index (κ1) is 22.8. The fourth-order valence-corrected chi connectivity index (χ4v) is 3.97. The Kier molecular flexibility index (Phi) is 6.77. The number of rotatable bonds is 6. The van der Waals surface area contributed by atoms with Gasteiger partial charge in [-0.05, 0) is 67.8 Å². The van der Waals surface area contributed by atoms with Crippen LogP contribution in [-0.4, -0.2) is 24.3 Å². The van der Waals surface area contributed by atoms with Crippen LogP contribution in [0.25, 0.3) is 0 Å². The van der Waals surface area contributed by atoms with Crippen molar-refractivity contribution in [2.75, 3.05) is 27.2 Å². The Morgan fingerprint density at radius 1 is 1.00 bits per heavy atom. The number of anilines is 4. The van der Waals surface area contributed by atoms with Gasteiger partial charge in [0.1, 0.15) is 5.84 Å². The molecule has 8 nitrogen and oxygen atoms in total. The highest BCUT2D eigenvalue weighted by atomic mass is 16.2. The summed E-state index contributed by atoms with van der Waals surface area (Å²) < 4.78 is 0. The Balaban J connectivity index is 1.56. The van der Waals surface area contributed by atoms with E-state index in [0.717, 1.165) is 30.6 Å². The lowest BCUT2D eigenvalue weighted by atomic mass is 10.1. The summed E-state index contributed by atoms with van der Waals surface area (Å²) >= 11 is 0. The second-order valence-corrected chi connectivity index (χ2v) is 8.21. The van der Waals surface area contributed by atoms with Crippen molar-refractivity contribution in [3.63, 3.8) is 0 Å². The molecular formula is C26H28N6O2. The van der Waals surface area contributed by atoms with E-state index in [2.05, 4.69) is 10.7 Å². The zero-order valence-electron chi connectivity index (χ0n) is 19.0. The molecule has 0 spiro atoms. The van der Waals surface area contributed by atoms with Gasteiger partial charge < -0.3 is 16.0 Å². The average Bonchev–Trinajstić information content (AvgIpc) is 2.84. The van der Waals surface area contributed by atoms with Crippen LogP contribution in [0.15, 0.2) is 72.8 Å². The molecule has 1 aliphatic heterocycles. The number of hydrazine groups is 1. The standard InChI is InChI=1S/C26H28N6O2/c1-18-16-20(13-14-23(18)31-15-6-5-12-24(31)33)29-26(34)32(22-10-3-2-4-11-22)30-21-9-7-8-19(17-21)25(27)28/h2-4,7-11,13-14,16-17,30H,5-6,12,15H2,1H3,(H3,27,28)(H,29,34). The van der Waals surface area contributed by atoms with Crippen LogP contribution in [0.1, 0.15) is 30.4 Å². The number of nitrogens with zero attached hydrogens (tertiary/aromatic N) is 2. The van der Waals surface area contributed by atoms with Gasteiger partial charge in [-0.1, -0.05) is 30.3 Å². The quantitative estimate of drug-likeness (QED) is 0.241. The molecule has 3 amide bonds. The maximum absolute atomic E-state index is 13.3. The third-order valence-electron chi connectivity index (χ3n) is 5.69. The van der Waals surface area contributed by atoms with E-state index in [9.17, 15) is 9.59 Å². The Morgan fingerprint density at radius 3 is 2.50 bits per heavy atom. The van der Waals surface area contributed by atoms with Crippen molar-refractivity contribution < 1.29 is 9.59 Å². The van der Waals surface area contributed by atoms with E-state index >= 15 is 0 Å². The molecule has 174 valence electrons. The minimum absolute atomic E-state index is 0.0536. The summed E-state index contributed by atoms with van der Waals surface area (Å²) in [6.07, 6.45) is 2.49. The average molecular weight is 457 g/mol. The van der Waals surface area contributed by atoms with Crippen molar-refractivity contribution in [2.45, 2.75) is 26.2 Å². The highest BCUT2D eigenvalue weighted by Crippen LogP contribution is 2.27. The summed E-state index contributed by atoms with van der Waals surface area (Å²) in [5, 5.41) is 12.0. The maximum atomic E-state index is 13.3. The molecule has 0 unspecified atom stereocenters. The van der Waals surface area contributed by atoms with Gasteiger partial charge in [-0.15, -0.1) is 0 Å². The molecule has 0 bridgehead atoms. The molecule has 0 aromatic heterocycles. The van der Waals surface area contributed by atoms with Crippen molar-refractivity contribution in [2.24, 2.45) is 5.73 Å². The van der Waals surface area contributed by atoms with E-state index in [-0.39, 0.29) is 17.8 Å². The van der Waals surface area contributed by atoms with Crippen molar-refractivity contribution >= 4 is 40.5 Å². The molecule has 5 N–H and O–H groups in total. The van der Waals surface area contributed by atoms with Crippen LogP contribution in [0.2, 0.25) is 0 Å². The highest BCUT2D eigenvalue weighted by Gasteiger charge is 2.22. The van der Waals surface area contributed by atoms with E-state index in [1.165, 1.54) is 5.01 Å². The number of para-hydroxylation sites is 1. The molecule has 8 heteroatoms. The summed E-state index contributed by atoms with van der Waals surface area (Å²) in [5.74, 6) is 0.0838. The third kappa shape index (κ3) is 5.17. The second kappa shape index (κ2) is 10.1. The molecule has 0 aliphatic carbocycles. The molecule has 1 fully saturated rings. The Bertz CT molecular complexity index is 1210. The first-order valence-corrected chi connectivity index (χ1v) is 11.2. The van der Waals surface area contributed by atoms with E-state index in [1.54, 1.807) is 24.3 Å². The fraction of sp³-hybridized carbons (Fsp3) is 0.192. The van der Waals surface area contributed by atoms with Gasteiger partial charge >= 0.3 is 6.03 Å². The van der Waals surface area contributed by atoms with Gasteiger partial charge in [-0.3, -0.25) is 15.6 Å². The Morgan fingerprint density at radius 2 is 1.79 bits per heavy atom.